The zero-order chi connectivity index (χ0) is 23.6. The van der Waals surface area contributed by atoms with Crippen LogP contribution in [0, 0.1) is 5.92 Å². The Morgan fingerprint density at radius 1 is 1.15 bits per heavy atom. The van der Waals surface area contributed by atoms with Gasteiger partial charge in [-0.1, -0.05) is 30.3 Å². The third kappa shape index (κ3) is 6.78. The van der Waals surface area contributed by atoms with Crippen LogP contribution in [0.5, 0.6) is 6.01 Å². The summed E-state index contributed by atoms with van der Waals surface area (Å²) in [5.74, 6) is 1.02. The van der Waals surface area contributed by atoms with Gasteiger partial charge < -0.3 is 14.2 Å². The number of hydrogen-bond donors (Lipinski definition) is 1. The Morgan fingerprint density at radius 2 is 1.88 bits per heavy atom. The van der Waals surface area contributed by atoms with Crippen molar-refractivity contribution in [3.63, 3.8) is 0 Å². The molecule has 33 heavy (non-hydrogen) atoms. The van der Waals surface area contributed by atoms with Crippen LogP contribution in [0.4, 0.5) is 0 Å². The highest BCUT2D eigenvalue weighted by Crippen LogP contribution is 2.29. The predicted octanol–water partition coefficient (Wildman–Crippen LogP) is 4.95. The van der Waals surface area contributed by atoms with Crippen LogP contribution >= 0.6 is 0 Å². The van der Waals surface area contributed by atoms with E-state index in [1.165, 1.54) is 0 Å². The average molecular weight is 453 g/mol. The lowest BCUT2D eigenvalue weighted by molar-refractivity contribution is -0.149. The first-order valence-electron chi connectivity index (χ1n) is 11.4. The van der Waals surface area contributed by atoms with Gasteiger partial charge in [-0.05, 0) is 64.3 Å². The molecule has 0 bridgehead atoms. The van der Waals surface area contributed by atoms with Gasteiger partial charge in [0.1, 0.15) is 6.10 Å². The number of nitrogens with zero attached hydrogens (tertiary/aromatic N) is 3. The molecule has 1 aromatic heterocycles. The highest BCUT2D eigenvalue weighted by Gasteiger charge is 2.28. The van der Waals surface area contributed by atoms with Crippen molar-refractivity contribution in [3.8, 4) is 17.4 Å². The van der Waals surface area contributed by atoms with Gasteiger partial charge in [-0.2, -0.15) is 4.98 Å². The number of aliphatic imine (C=N–C) groups is 1. The largest absolute Gasteiger partial charge is 0.474 e. The Balaban J connectivity index is 1.58. The van der Waals surface area contributed by atoms with Crippen molar-refractivity contribution in [1.29, 1.82) is 0 Å². The van der Waals surface area contributed by atoms with Crippen molar-refractivity contribution in [3.05, 3.63) is 47.9 Å². The van der Waals surface area contributed by atoms with Gasteiger partial charge in [-0.15, -0.1) is 5.10 Å². The van der Waals surface area contributed by atoms with Crippen LogP contribution in [0.15, 0.2) is 47.3 Å². The van der Waals surface area contributed by atoms with Gasteiger partial charge in [0.25, 0.3) is 0 Å². The zero-order valence-corrected chi connectivity index (χ0v) is 19.5. The van der Waals surface area contributed by atoms with Gasteiger partial charge in [-0.3, -0.25) is 9.89 Å². The maximum absolute atomic E-state index is 11.9. The lowest BCUT2D eigenvalue weighted by atomic mass is 9.87. The molecule has 0 saturated heterocycles. The van der Waals surface area contributed by atoms with E-state index < -0.39 is 0 Å². The van der Waals surface area contributed by atoms with E-state index in [0.29, 0.717) is 30.9 Å². The second-order valence-electron chi connectivity index (χ2n) is 7.83. The number of allylic oxidation sites excluding steroid dienone is 3. The second-order valence-corrected chi connectivity index (χ2v) is 7.83. The summed E-state index contributed by atoms with van der Waals surface area (Å²) in [7, 11) is 0. The van der Waals surface area contributed by atoms with Crippen LogP contribution in [-0.2, 0) is 14.3 Å². The van der Waals surface area contributed by atoms with Gasteiger partial charge in [-0.25, -0.2) is 4.99 Å². The Kier molecular flexibility index (Phi) is 8.80. The molecule has 0 radical (unpaired) electrons. The Labute approximate surface area is 194 Å². The maximum Gasteiger partial charge on any atom is 0.335 e. The number of aromatic nitrogens is 3. The van der Waals surface area contributed by atoms with Crippen molar-refractivity contribution < 1.29 is 19.0 Å². The number of aromatic amines is 1. The number of ether oxygens (including phenoxy) is 3. The lowest BCUT2D eigenvalue weighted by Crippen LogP contribution is -2.27. The Hall–Kier alpha value is -3.42. The smallest absolute Gasteiger partial charge is 0.335 e. The van der Waals surface area contributed by atoms with E-state index >= 15 is 0 Å². The normalized spacial score (nSPS) is 19.1. The summed E-state index contributed by atoms with van der Waals surface area (Å²) in [6, 6.07) is 8.36. The molecule has 1 fully saturated rings. The molecule has 3 rings (SSSR count). The molecule has 1 aromatic carbocycles. The van der Waals surface area contributed by atoms with Gasteiger partial charge in [0, 0.05) is 11.6 Å². The summed E-state index contributed by atoms with van der Waals surface area (Å²) in [4.78, 5) is 20.2. The van der Waals surface area contributed by atoms with Crippen LogP contribution in [0.1, 0.15) is 52.0 Å². The van der Waals surface area contributed by atoms with E-state index in [2.05, 4.69) is 26.9 Å². The molecular formula is C25H32N4O4. The summed E-state index contributed by atoms with van der Waals surface area (Å²) in [6.45, 7) is 10.3. The molecule has 1 N–H and O–H groups in total. The van der Waals surface area contributed by atoms with Crippen molar-refractivity contribution in [1.82, 2.24) is 15.2 Å². The van der Waals surface area contributed by atoms with E-state index in [9.17, 15) is 4.79 Å². The second kappa shape index (κ2) is 12.0. The quantitative estimate of drug-likeness (QED) is 0.237. The molecule has 0 unspecified atom stereocenters. The number of H-pyrrole nitrogens is 1. The highest BCUT2D eigenvalue weighted by atomic mass is 16.5. The summed E-state index contributed by atoms with van der Waals surface area (Å²) in [5.41, 5.74) is 3.05. The molecule has 0 atom stereocenters. The lowest BCUT2D eigenvalue weighted by Gasteiger charge is -2.27. The van der Waals surface area contributed by atoms with Gasteiger partial charge in [0.2, 0.25) is 5.88 Å². The minimum atomic E-state index is -0.101. The molecule has 1 saturated carbocycles. The van der Waals surface area contributed by atoms with Gasteiger partial charge >= 0.3 is 12.0 Å². The predicted molar refractivity (Wildman–Crippen MR) is 128 cm³/mol. The van der Waals surface area contributed by atoms with E-state index in [1.807, 2.05) is 57.2 Å². The van der Waals surface area contributed by atoms with Crippen molar-refractivity contribution >= 4 is 18.3 Å². The van der Waals surface area contributed by atoms with E-state index in [-0.39, 0.29) is 18.0 Å². The molecule has 0 aliphatic heterocycles. The number of benzene rings is 1. The molecule has 1 aliphatic rings. The number of carbonyl (C=O) groups excluding carboxylic acids is 1. The van der Waals surface area contributed by atoms with Crippen LogP contribution in [0.3, 0.4) is 0 Å². The number of carbonyl (C=O) groups is 1. The summed E-state index contributed by atoms with van der Waals surface area (Å²) >= 11 is 0. The fourth-order valence-corrected chi connectivity index (χ4v) is 3.73. The van der Waals surface area contributed by atoms with E-state index in [4.69, 9.17) is 14.2 Å². The van der Waals surface area contributed by atoms with Crippen molar-refractivity contribution in [2.45, 2.75) is 52.6 Å². The molecule has 176 valence electrons. The molecule has 1 heterocycles. The zero-order valence-electron chi connectivity index (χ0n) is 19.5. The molecule has 1 aliphatic carbocycles. The van der Waals surface area contributed by atoms with Crippen LogP contribution < -0.4 is 4.74 Å². The molecular weight excluding hydrogens is 420 g/mol. The first-order chi connectivity index (χ1) is 16.0. The molecule has 0 spiro atoms. The maximum atomic E-state index is 11.9. The Bertz CT molecular complexity index is 986. The van der Waals surface area contributed by atoms with Crippen molar-refractivity contribution in [2.75, 3.05) is 13.2 Å². The van der Waals surface area contributed by atoms with Crippen LogP contribution in [0.25, 0.3) is 17.0 Å². The molecule has 8 nitrogen and oxygen atoms in total. The number of nitrogens with one attached hydrogen (secondary N) is 1. The molecule has 0 amide bonds. The number of rotatable bonds is 10. The Morgan fingerprint density at radius 3 is 2.52 bits per heavy atom. The fraction of sp³-hybridized carbons (Fsp3) is 0.440. The third-order valence-corrected chi connectivity index (χ3v) is 5.57. The minimum absolute atomic E-state index is 0.0262. The minimum Gasteiger partial charge on any atom is -0.474 e. The molecule has 8 heteroatoms. The van der Waals surface area contributed by atoms with E-state index in [0.717, 1.165) is 42.4 Å². The standard InChI is InChI=1S/C25H32N4O4/c1-5-31-24(30)20-12-14-21(15-13-20)33-22(26-4)16-7-17(3)18-8-10-19(11-9-18)23-27-25(29-28-23)32-6-2/h7-11,16,20-21H,4-6,12-15H2,1-3H3,(H,27,28,29)/b17-7+,22-16+/t20-,21+. The van der Waals surface area contributed by atoms with Gasteiger partial charge in [0.05, 0.1) is 19.1 Å². The summed E-state index contributed by atoms with van der Waals surface area (Å²) in [6.07, 6.45) is 6.96. The van der Waals surface area contributed by atoms with Gasteiger partial charge in [0.15, 0.2) is 5.82 Å². The fourth-order valence-electron chi connectivity index (χ4n) is 3.73. The third-order valence-electron chi connectivity index (χ3n) is 5.57. The first kappa shape index (κ1) is 24.2. The number of hydrogen-bond acceptors (Lipinski definition) is 7. The van der Waals surface area contributed by atoms with Crippen LogP contribution in [0.2, 0.25) is 0 Å². The highest BCUT2D eigenvalue weighted by molar-refractivity contribution is 5.72. The van der Waals surface area contributed by atoms with E-state index in [1.54, 1.807) is 0 Å². The first-order valence-corrected chi connectivity index (χ1v) is 11.4. The van der Waals surface area contributed by atoms with Crippen LogP contribution in [-0.4, -0.2) is 47.2 Å². The molecule has 2 aromatic rings. The monoisotopic (exact) mass is 452 g/mol. The van der Waals surface area contributed by atoms with Crippen molar-refractivity contribution in [2.24, 2.45) is 10.9 Å². The summed E-state index contributed by atoms with van der Waals surface area (Å²) < 4.78 is 16.4. The number of esters is 1. The summed E-state index contributed by atoms with van der Waals surface area (Å²) in [5, 5.41) is 6.92. The SMILES string of the molecule is C=N/C(=C\C=C(/C)c1ccc(-c2nc(OCC)n[nH]2)cc1)O[C@H]1CC[C@@H](C(=O)OCC)CC1. The topological polar surface area (TPSA) is 98.7 Å². The average Bonchev–Trinajstić information content (AvgIpc) is 3.31.